The molecule has 0 amide bonds. The van der Waals surface area contributed by atoms with E-state index in [2.05, 4.69) is 0 Å². The molecule has 0 unspecified atom stereocenters. The van der Waals surface area contributed by atoms with Crippen LogP contribution in [0.4, 0.5) is 13.2 Å². The fraction of sp³-hybridized carbons (Fsp3) is 0.185. The molecular formula is C27H20F3NO4S. The predicted molar refractivity (Wildman–Crippen MR) is 131 cm³/mol. The Morgan fingerprint density at radius 2 is 1.72 bits per heavy atom. The third-order valence-corrected chi connectivity index (χ3v) is 7.61. The summed E-state index contributed by atoms with van der Waals surface area (Å²) in [6.45, 7) is 0. The number of aromatic nitrogens is 1. The molecule has 4 aromatic rings. The number of fused-ring (bicyclic) bond motifs is 2. The summed E-state index contributed by atoms with van der Waals surface area (Å²) in [7, 11) is 1.36. The van der Waals surface area contributed by atoms with Crippen LogP contribution in [-0.2, 0) is 22.1 Å². The van der Waals surface area contributed by atoms with Crippen LogP contribution in [-0.4, -0.2) is 28.2 Å². The van der Waals surface area contributed by atoms with Gasteiger partial charge in [0, 0.05) is 18.7 Å². The van der Waals surface area contributed by atoms with Gasteiger partial charge in [-0.15, -0.1) is 0 Å². The molecular weight excluding hydrogens is 491 g/mol. The molecule has 1 N–H and O–H groups in total. The highest BCUT2D eigenvalue weighted by Crippen LogP contribution is 2.46. The van der Waals surface area contributed by atoms with Crippen LogP contribution < -0.4 is 5.56 Å². The standard InChI is InChI=1S/C27H20F3NO4S/c1-35-26-23(25(33)34)31-21(32)14-18(13-17-7-4-6-15-5-2-3-8-20(15)17)22(24(31)36-26)16-9-11-19(12-10-16)27(28,29)30/h2-12,14,23,26H,13H2,1H3,(H,33,34)/t23-,26+/m1/s1. The van der Waals surface area contributed by atoms with Gasteiger partial charge in [-0.05, 0) is 46.0 Å². The third-order valence-electron chi connectivity index (χ3n) is 6.30. The number of hydrogen-bond donors (Lipinski definition) is 1. The molecule has 36 heavy (non-hydrogen) atoms. The average molecular weight is 512 g/mol. The van der Waals surface area contributed by atoms with E-state index in [1.807, 2.05) is 42.5 Å². The van der Waals surface area contributed by atoms with Crippen LogP contribution in [0, 0.1) is 0 Å². The van der Waals surface area contributed by atoms with E-state index in [0.717, 1.165) is 40.2 Å². The number of alkyl halides is 3. The number of aliphatic carboxylic acids is 1. The molecule has 0 saturated carbocycles. The van der Waals surface area contributed by atoms with Crippen molar-refractivity contribution in [1.82, 2.24) is 4.57 Å². The normalized spacial score (nSPS) is 17.3. The van der Waals surface area contributed by atoms with E-state index < -0.39 is 34.7 Å². The lowest BCUT2D eigenvalue weighted by Gasteiger charge is -2.18. The van der Waals surface area contributed by atoms with Gasteiger partial charge in [0.25, 0.3) is 5.56 Å². The van der Waals surface area contributed by atoms with Crippen molar-refractivity contribution in [2.24, 2.45) is 0 Å². The lowest BCUT2D eigenvalue weighted by atomic mass is 9.93. The lowest BCUT2D eigenvalue weighted by molar-refractivity contribution is -0.143. The minimum absolute atomic E-state index is 0.330. The molecule has 5 rings (SSSR count). The van der Waals surface area contributed by atoms with Crippen molar-refractivity contribution in [1.29, 1.82) is 0 Å². The molecule has 9 heteroatoms. The SMILES string of the molecule is CO[C@H]1Sc2c(-c3ccc(C(F)(F)F)cc3)c(Cc3cccc4ccccc34)cc(=O)n2[C@@H]1C(=O)O. The van der Waals surface area contributed by atoms with Crippen molar-refractivity contribution < 1.29 is 27.8 Å². The first kappa shape index (κ1) is 24.1. The van der Waals surface area contributed by atoms with Crippen molar-refractivity contribution >= 4 is 28.5 Å². The Morgan fingerprint density at radius 1 is 1.03 bits per heavy atom. The van der Waals surface area contributed by atoms with Crippen LogP contribution in [0.15, 0.2) is 82.6 Å². The summed E-state index contributed by atoms with van der Waals surface area (Å²) in [5.41, 5.74) is 0.342. The molecule has 0 aliphatic carbocycles. The number of methoxy groups -OCH3 is 1. The maximum Gasteiger partial charge on any atom is 0.416 e. The van der Waals surface area contributed by atoms with Crippen LogP contribution in [0.3, 0.4) is 0 Å². The maximum absolute atomic E-state index is 13.2. The van der Waals surface area contributed by atoms with Crippen LogP contribution in [0.2, 0.25) is 0 Å². The van der Waals surface area contributed by atoms with Gasteiger partial charge in [0.05, 0.1) is 10.6 Å². The Hall–Kier alpha value is -3.56. The number of carboxylic acid groups (broad SMARTS) is 1. The maximum atomic E-state index is 13.2. The number of ether oxygens (including phenoxy) is 1. The molecule has 3 aromatic carbocycles. The van der Waals surface area contributed by atoms with Gasteiger partial charge in [-0.25, -0.2) is 4.79 Å². The van der Waals surface area contributed by atoms with Gasteiger partial charge in [-0.1, -0.05) is 66.4 Å². The summed E-state index contributed by atoms with van der Waals surface area (Å²) in [6, 6.07) is 18.4. The molecule has 0 fully saturated rings. The number of rotatable bonds is 5. The number of benzene rings is 3. The summed E-state index contributed by atoms with van der Waals surface area (Å²) < 4.78 is 46.2. The number of carboxylic acids is 1. The number of carbonyl (C=O) groups is 1. The van der Waals surface area contributed by atoms with Gasteiger partial charge in [-0.2, -0.15) is 13.2 Å². The quantitative estimate of drug-likeness (QED) is 0.357. The van der Waals surface area contributed by atoms with E-state index in [0.29, 0.717) is 28.1 Å². The Balaban J connectivity index is 1.74. The van der Waals surface area contributed by atoms with Gasteiger partial charge < -0.3 is 9.84 Å². The van der Waals surface area contributed by atoms with E-state index in [1.54, 1.807) is 0 Å². The van der Waals surface area contributed by atoms with Crippen LogP contribution in [0.1, 0.15) is 22.7 Å². The van der Waals surface area contributed by atoms with Gasteiger partial charge in [0.15, 0.2) is 6.04 Å². The molecule has 1 aromatic heterocycles. The van der Waals surface area contributed by atoms with E-state index in [1.165, 1.54) is 29.9 Å². The number of hydrogen-bond acceptors (Lipinski definition) is 4. The van der Waals surface area contributed by atoms with Crippen LogP contribution in [0.5, 0.6) is 0 Å². The third kappa shape index (κ3) is 4.18. The minimum Gasteiger partial charge on any atom is -0.480 e. The van der Waals surface area contributed by atoms with E-state index >= 15 is 0 Å². The number of thioether (sulfide) groups is 1. The van der Waals surface area contributed by atoms with Gasteiger partial charge in [0.2, 0.25) is 0 Å². The molecule has 5 nitrogen and oxygen atoms in total. The predicted octanol–water partition coefficient (Wildman–Crippen LogP) is 5.98. The summed E-state index contributed by atoms with van der Waals surface area (Å²) in [5, 5.41) is 12.2. The number of pyridine rings is 1. The molecule has 0 bridgehead atoms. The second-order valence-corrected chi connectivity index (χ2v) is 9.54. The van der Waals surface area contributed by atoms with Crippen molar-refractivity contribution in [2.45, 2.75) is 29.1 Å². The zero-order valence-electron chi connectivity index (χ0n) is 19.0. The first-order chi connectivity index (χ1) is 17.2. The first-order valence-electron chi connectivity index (χ1n) is 11.0. The smallest absolute Gasteiger partial charge is 0.416 e. The van der Waals surface area contributed by atoms with Gasteiger partial charge in [-0.3, -0.25) is 9.36 Å². The largest absolute Gasteiger partial charge is 0.480 e. The molecule has 2 heterocycles. The molecule has 1 aliphatic rings. The van der Waals surface area contributed by atoms with E-state index in [9.17, 15) is 27.9 Å². The Kier molecular flexibility index (Phi) is 6.13. The Bertz CT molecular complexity index is 1520. The van der Waals surface area contributed by atoms with Crippen molar-refractivity contribution in [2.75, 3.05) is 7.11 Å². The monoisotopic (exact) mass is 511 g/mol. The Labute approximate surface area is 208 Å². The zero-order valence-corrected chi connectivity index (χ0v) is 19.8. The van der Waals surface area contributed by atoms with Crippen LogP contribution in [0.25, 0.3) is 21.9 Å². The summed E-state index contributed by atoms with van der Waals surface area (Å²) in [5.74, 6) is -1.23. The minimum atomic E-state index is -4.50. The zero-order chi connectivity index (χ0) is 25.6. The van der Waals surface area contributed by atoms with Crippen molar-refractivity contribution in [3.05, 3.63) is 99.8 Å². The highest BCUT2D eigenvalue weighted by Gasteiger charge is 2.41. The summed E-state index contributed by atoms with van der Waals surface area (Å²) >= 11 is 1.08. The Morgan fingerprint density at radius 3 is 2.39 bits per heavy atom. The van der Waals surface area contributed by atoms with Crippen molar-refractivity contribution in [3.63, 3.8) is 0 Å². The molecule has 0 spiro atoms. The summed E-state index contributed by atoms with van der Waals surface area (Å²) in [6.07, 6.45) is -4.17. The van der Waals surface area contributed by atoms with Gasteiger partial charge in [0.1, 0.15) is 5.44 Å². The molecule has 0 radical (unpaired) electrons. The van der Waals surface area contributed by atoms with Crippen LogP contribution >= 0.6 is 11.8 Å². The highest BCUT2D eigenvalue weighted by molar-refractivity contribution is 8.00. The van der Waals surface area contributed by atoms with Crippen molar-refractivity contribution in [3.8, 4) is 11.1 Å². The number of nitrogens with zero attached hydrogens (tertiary/aromatic N) is 1. The first-order valence-corrected chi connectivity index (χ1v) is 11.9. The van der Waals surface area contributed by atoms with E-state index in [4.69, 9.17) is 4.74 Å². The highest BCUT2D eigenvalue weighted by atomic mass is 32.2. The lowest BCUT2D eigenvalue weighted by Crippen LogP contribution is -2.33. The molecule has 184 valence electrons. The fourth-order valence-electron chi connectivity index (χ4n) is 4.65. The molecule has 2 atom stereocenters. The molecule has 0 saturated heterocycles. The second-order valence-electron chi connectivity index (χ2n) is 8.45. The number of halogens is 3. The van der Waals surface area contributed by atoms with E-state index in [-0.39, 0.29) is 0 Å². The fourth-order valence-corrected chi connectivity index (χ4v) is 6.02. The average Bonchev–Trinajstić information content (AvgIpc) is 3.24. The topological polar surface area (TPSA) is 68.5 Å². The summed E-state index contributed by atoms with van der Waals surface area (Å²) in [4.78, 5) is 25.2. The van der Waals surface area contributed by atoms with Gasteiger partial charge >= 0.3 is 12.1 Å². The second kappa shape index (κ2) is 9.15. The molecule has 1 aliphatic heterocycles.